The Hall–Kier alpha value is -2.49. The van der Waals surface area contributed by atoms with E-state index in [9.17, 15) is 4.79 Å². The Labute approximate surface area is 112 Å². The van der Waals surface area contributed by atoms with Crippen molar-refractivity contribution in [2.75, 3.05) is 24.8 Å². The molecule has 0 saturated heterocycles. The molecule has 98 valence electrons. The molecule has 4 nitrogen and oxygen atoms in total. The van der Waals surface area contributed by atoms with Gasteiger partial charge in [0.2, 0.25) is 0 Å². The number of benzene rings is 2. The van der Waals surface area contributed by atoms with Crippen molar-refractivity contribution in [2.45, 2.75) is 0 Å². The summed E-state index contributed by atoms with van der Waals surface area (Å²) in [5.74, 6) is 0.255. The summed E-state index contributed by atoms with van der Waals surface area (Å²) in [5.41, 5.74) is 7.54. The molecule has 2 rings (SSSR count). The third-order valence-electron chi connectivity index (χ3n) is 2.93. The largest absolute Gasteiger partial charge is 0.494 e. The molecule has 0 aromatic heterocycles. The number of amides is 1. The number of carbonyl (C=O) groups excluding carboxylic acids is 1. The zero-order valence-electron chi connectivity index (χ0n) is 11.0. The van der Waals surface area contributed by atoms with Crippen LogP contribution in [-0.4, -0.2) is 20.1 Å². The maximum atomic E-state index is 12.5. The summed E-state index contributed by atoms with van der Waals surface area (Å²) in [7, 11) is 3.23. The lowest BCUT2D eigenvalue weighted by Gasteiger charge is -2.19. The first-order valence-electron chi connectivity index (χ1n) is 5.90. The van der Waals surface area contributed by atoms with Crippen molar-refractivity contribution in [1.82, 2.24) is 0 Å². The van der Waals surface area contributed by atoms with Crippen LogP contribution >= 0.6 is 0 Å². The van der Waals surface area contributed by atoms with Gasteiger partial charge >= 0.3 is 0 Å². The molecule has 0 unspecified atom stereocenters. The SMILES string of the molecule is COc1c(N)cccc1C(=O)N(C)c1ccccc1. The van der Waals surface area contributed by atoms with Gasteiger partial charge in [0.1, 0.15) is 0 Å². The molecule has 0 heterocycles. The van der Waals surface area contributed by atoms with Crippen LogP contribution in [0.3, 0.4) is 0 Å². The second kappa shape index (κ2) is 5.44. The molecule has 0 radical (unpaired) electrons. The van der Waals surface area contributed by atoms with Crippen molar-refractivity contribution in [3.63, 3.8) is 0 Å². The predicted octanol–water partition coefficient (Wildman–Crippen LogP) is 2.55. The van der Waals surface area contributed by atoms with Gasteiger partial charge in [-0.15, -0.1) is 0 Å². The van der Waals surface area contributed by atoms with Crippen LogP contribution in [0.1, 0.15) is 10.4 Å². The van der Waals surface area contributed by atoms with Gasteiger partial charge in [-0.05, 0) is 24.3 Å². The van der Waals surface area contributed by atoms with Gasteiger partial charge in [0.15, 0.2) is 5.75 Å². The Balaban J connectivity index is 2.37. The summed E-state index contributed by atoms with van der Waals surface area (Å²) in [4.78, 5) is 14.0. The van der Waals surface area contributed by atoms with Gasteiger partial charge in [0, 0.05) is 12.7 Å². The average molecular weight is 256 g/mol. The van der Waals surface area contributed by atoms with Crippen LogP contribution in [-0.2, 0) is 0 Å². The minimum Gasteiger partial charge on any atom is -0.494 e. The fourth-order valence-electron chi connectivity index (χ4n) is 1.90. The molecule has 0 saturated carbocycles. The van der Waals surface area contributed by atoms with Gasteiger partial charge < -0.3 is 15.4 Å². The van der Waals surface area contributed by atoms with E-state index < -0.39 is 0 Å². The lowest BCUT2D eigenvalue weighted by molar-refractivity contribution is 0.0990. The molecule has 0 atom stereocenters. The lowest BCUT2D eigenvalue weighted by atomic mass is 10.1. The topological polar surface area (TPSA) is 55.6 Å². The van der Waals surface area contributed by atoms with E-state index >= 15 is 0 Å². The molecule has 0 spiro atoms. The van der Waals surface area contributed by atoms with Crippen molar-refractivity contribution in [3.05, 3.63) is 54.1 Å². The van der Waals surface area contributed by atoms with Gasteiger partial charge in [-0.3, -0.25) is 4.79 Å². The number of rotatable bonds is 3. The highest BCUT2D eigenvalue weighted by molar-refractivity contribution is 6.08. The predicted molar refractivity (Wildman–Crippen MR) is 76.6 cm³/mol. The van der Waals surface area contributed by atoms with Crippen molar-refractivity contribution in [2.24, 2.45) is 0 Å². The standard InChI is InChI=1S/C15H16N2O2/c1-17(11-7-4-3-5-8-11)15(18)12-9-6-10-13(16)14(12)19-2/h3-10H,16H2,1-2H3. The molecule has 0 aliphatic heterocycles. The first-order valence-corrected chi connectivity index (χ1v) is 5.90. The number of hydrogen-bond acceptors (Lipinski definition) is 3. The minimum absolute atomic E-state index is 0.157. The van der Waals surface area contributed by atoms with Crippen molar-refractivity contribution < 1.29 is 9.53 Å². The van der Waals surface area contributed by atoms with Gasteiger partial charge in [-0.1, -0.05) is 24.3 Å². The second-order valence-electron chi connectivity index (χ2n) is 4.13. The van der Waals surface area contributed by atoms with Crippen LogP contribution in [0.2, 0.25) is 0 Å². The van der Waals surface area contributed by atoms with Crippen molar-refractivity contribution in [3.8, 4) is 5.75 Å². The van der Waals surface area contributed by atoms with Gasteiger partial charge in [0.25, 0.3) is 5.91 Å². The van der Waals surface area contributed by atoms with E-state index in [1.807, 2.05) is 30.3 Å². The number of methoxy groups -OCH3 is 1. The molecule has 0 bridgehead atoms. The van der Waals surface area contributed by atoms with Crippen molar-refractivity contribution in [1.29, 1.82) is 0 Å². The van der Waals surface area contributed by atoms with Crippen LogP contribution in [0, 0.1) is 0 Å². The van der Waals surface area contributed by atoms with Gasteiger partial charge in [-0.2, -0.15) is 0 Å². The quantitative estimate of drug-likeness (QED) is 0.859. The number of hydrogen-bond donors (Lipinski definition) is 1. The molecule has 2 N–H and O–H groups in total. The molecule has 4 heteroatoms. The Morgan fingerprint density at radius 3 is 2.42 bits per heavy atom. The number of para-hydroxylation sites is 2. The Bertz CT molecular complexity index is 582. The zero-order valence-corrected chi connectivity index (χ0v) is 11.0. The summed E-state index contributed by atoms with van der Waals surface area (Å²) in [6, 6.07) is 14.6. The monoisotopic (exact) mass is 256 g/mol. The highest BCUT2D eigenvalue weighted by Gasteiger charge is 2.18. The molecular formula is C15H16N2O2. The summed E-state index contributed by atoms with van der Waals surface area (Å²) < 4.78 is 5.21. The fourth-order valence-corrected chi connectivity index (χ4v) is 1.90. The van der Waals surface area contributed by atoms with E-state index in [0.29, 0.717) is 17.0 Å². The van der Waals surface area contributed by atoms with E-state index in [1.165, 1.54) is 7.11 Å². The van der Waals surface area contributed by atoms with Crippen LogP contribution in [0.25, 0.3) is 0 Å². The molecule has 0 fully saturated rings. The fraction of sp³-hybridized carbons (Fsp3) is 0.133. The Morgan fingerprint density at radius 2 is 1.79 bits per heavy atom. The first-order chi connectivity index (χ1) is 9.15. The Morgan fingerprint density at radius 1 is 1.11 bits per heavy atom. The molecule has 19 heavy (non-hydrogen) atoms. The highest BCUT2D eigenvalue weighted by atomic mass is 16.5. The molecular weight excluding hydrogens is 240 g/mol. The minimum atomic E-state index is -0.157. The second-order valence-corrected chi connectivity index (χ2v) is 4.13. The van der Waals surface area contributed by atoms with Crippen LogP contribution in [0.4, 0.5) is 11.4 Å². The van der Waals surface area contributed by atoms with E-state index in [4.69, 9.17) is 10.5 Å². The van der Waals surface area contributed by atoms with E-state index in [1.54, 1.807) is 30.1 Å². The van der Waals surface area contributed by atoms with Gasteiger partial charge in [0.05, 0.1) is 18.4 Å². The maximum Gasteiger partial charge on any atom is 0.261 e. The third-order valence-corrected chi connectivity index (χ3v) is 2.93. The number of anilines is 2. The Kier molecular flexibility index (Phi) is 3.71. The maximum absolute atomic E-state index is 12.5. The summed E-state index contributed by atoms with van der Waals surface area (Å²) in [6.07, 6.45) is 0. The van der Waals surface area contributed by atoms with E-state index in [2.05, 4.69) is 0 Å². The summed E-state index contributed by atoms with van der Waals surface area (Å²) in [6.45, 7) is 0. The van der Waals surface area contributed by atoms with Crippen molar-refractivity contribution >= 4 is 17.3 Å². The van der Waals surface area contributed by atoms with Gasteiger partial charge in [-0.25, -0.2) is 0 Å². The highest BCUT2D eigenvalue weighted by Crippen LogP contribution is 2.28. The van der Waals surface area contributed by atoms with Crippen LogP contribution < -0.4 is 15.4 Å². The van der Waals surface area contributed by atoms with Crippen LogP contribution in [0.5, 0.6) is 5.75 Å². The molecule has 0 aliphatic rings. The average Bonchev–Trinajstić information content (AvgIpc) is 2.46. The van der Waals surface area contributed by atoms with E-state index in [0.717, 1.165) is 5.69 Å². The molecule has 2 aromatic carbocycles. The number of nitrogen functional groups attached to an aromatic ring is 1. The molecule has 2 aromatic rings. The summed E-state index contributed by atoms with van der Waals surface area (Å²) >= 11 is 0. The first kappa shape index (κ1) is 13.0. The molecule has 1 amide bonds. The zero-order chi connectivity index (χ0) is 13.8. The molecule has 0 aliphatic carbocycles. The normalized spacial score (nSPS) is 10.0. The lowest BCUT2D eigenvalue weighted by Crippen LogP contribution is -2.26. The van der Waals surface area contributed by atoms with Crippen LogP contribution in [0.15, 0.2) is 48.5 Å². The summed E-state index contributed by atoms with van der Waals surface area (Å²) in [5, 5.41) is 0. The van der Waals surface area contributed by atoms with E-state index in [-0.39, 0.29) is 5.91 Å². The number of nitrogens with two attached hydrogens (primary N) is 1. The smallest absolute Gasteiger partial charge is 0.261 e. The number of carbonyl (C=O) groups is 1. The number of nitrogens with zero attached hydrogens (tertiary/aromatic N) is 1. The number of ether oxygens (including phenoxy) is 1. The third kappa shape index (κ3) is 2.52.